The number of anilines is 1. The number of likely N-dealkylation sites (tertiary alicyclic amines) is 1. The molecule has 0 spiro atoms. The average Bonchev–Trinajstić information content (AvgIpc) is 3.20. The quantitative estimate of drug-likeness (QED) is 0.728. The maximum atomic E-state index is 13.0. The molecule has 2 aromatic rings. The van der Waals surface area contributed by atoms with Crippen LogP contribution in [-0.4, -0.2) is 71.7 Å². The SMILES string of the molecule is CN(C(=O)COc1cccc2c1NCCC2)C(CN1CC[C@H](O)C1)c1ccccn1. The molecule has 2 atom stereocenters. The molecule has 1 unspecified atom stereocenters. The summed E-state index contributed by atoms with van der Waals surface area (Å²) in [6.45, 7) is 2.98. The van der Waals surface area contributed by atoms with E-state index in [1.807, 2.05) is 30.3 Å². The molecule has 2 aliphatic rings. The van der Waals surface area contributed by atoms with Gasteiger partial charge in [-0.3, -0.25) is 14.7 Å². The molecule has 160 valence electrons. The van der Waals surface area contributed by atoms with Crippen molar-refractivity contribution >= 4 is 11.6 Å². The molecular weight excluding hydrogens is 380 g/mol. The Labute approximate surface area is 177 Å². The molecule has 1 aromatic carbocycles. The zero-order valence-electron chi connectivity index (χ0n) is 17.5. The lowest BCUT2D eigenvalue weighted by Gasteiger charge is -2.31. The Morgan fingerprint density at radius 3 is 3.03 bits per heavy atom. The van der Waals surface area contributed by atoms with Gasteiger partial charge in [0, 0.05) is 39.4 Å². The number of aliphatic hydroxyl groups excluding tert-OH is 1. The fraction of sp³-hybridized carbons (Fsp3) is 0.478. The van der Waals surface area contributed by atoms with Crippen molar-refractivity contribution in [3.8, 4) is 5.75 Å². The number of amides is 1. The predicted molar refractivity (Wildman–Crippen MR) is 116 cm³/mol. The maximum absolute atomic E-state index is 13.0. The summed E-state index contributed by atoms with van der Waals surface area (Å²) in [4.78, 5) is 21.4. The van der Waals surface area contributed by atoms with Gasteiger partial charge in [-0.1, -0.05) is 18.2 Å². The highest BCUT2D eigenvalue weighted by Crippen LogP contribution is 2.32. The van der Waals surface area contributed by atoms with Crippen molar-refractivity contribution in [1.82, 2.24) is 14.8 Å². The lowest BCUT2D eigenvalue weighted by Crippen LogP contribution is -2.41. The number of aromatic nitrogens is 1. The van der Waals surface area contributed by atoms with Gasteiger partial charge in [0.15, 0.2) is 6.61 Å². The number of carbonyl (C=O) groups excluding carboxylic acids is 1. The Kier molecular flexibility index (Phi) is 6.50. The number of hydrogen-bond acceptors (Lipinski definition) is 6. The van der Waals surface area contributed by atoms with E-state index < -0.39 is 0 Å². The molecule has 7 heteroatoms. The number of fused-ring (bicyclic) bond motifs is 1. The third-order valence-corrected chi connectivity index (χ3v) is 5.96. The summed E-state index contributed by atoms with van der Waals surface area (Å²) in [6.07, 6.45) is 4.35. The van der Waals surface area contributed by atoms with Crippen molar-refractivity contribution in [3.05, 3.63) is 53.9 Å². The highest BCUT2D eigenvalue weighted by molar-refractivity contribution is 5.78. The number of hydrogen-bond donors (Lipinski definition) is 2. The number of aliphatic hydroxyl groups is 1. The van der Waals surface area contributed by atoms with Gasteiger partial charge >= 0.3 is 0 Å². The lowest BCUT2D eigenvalue weighted by atomic mass is 10.0. The molecule has 2 aliphatic heterocycles. The molecule has 30 heavy (non-hydrogen) atoms. The summed E-state index contributed by atoms with van der Waals surface area (Å²) in [5.74, 6) is 0.629. The molecule has 1 fully saturated rings. The third kappa shape index (κ3) is 4.74. The van der Waals surface area contributed by atoms with E-state index in [2.05, 4.69) is 21.3 Å². The minimum atomic E-state index is -0.296. The minimum absolute atomic E-state index is 0.0272. The Bertz CT molecular complexity index is 861. The number of nitrogens with zero attached hydrogens (tertiary/aromatic N) is 3. The van der Waals surface area contributed by atoms with Crippen molar-refractivity contribution in [1.29, 1.82) is 0 Å². The number of para-hydroxylation sites is 1. The van der Waals surface area contributed by atoms with E-state index in [-0.39, 0.29) is 24.7 Å². The summed E-state index contributed by atoms with van der Waals surface area (Å²) >= 11 is 0. The fourth-order valence-corrected chi connectivity index (χ4v) is 4.22. The summed E-state index contributed by atoms with van der Waals surface area (Å²) in [5.41, 5.74) is 3.08. The minimum Gasteiger partial charge on any atom is -0.482 e. The van der Waals surface area contributed by atoms with Crippen LogP contribution >= 0.6 is 0 Å². The zero-order chi connectivity index (χ0) is 20.9. The van der Waals surface area contributed by atoms with Gasteiger partial charge in [-0.25, -0.2) is 0 Å². The molecule has 3 heterocycles. The topological polar surface area (TPSA) is 77.9 Å². The molecule has 0 radical (unpaired) electrons. The van der Waals surface area contributed by atoms with E-state index in [0.29, 0.717) is 13.1 Å². The molecule has 0 saturated carbocycles. The zero-order valence-corrected chi connectivity index (χ0v) is 17.5. The molecular formula is C23H30N4O3. The Hall–Kier alpha value is -2.64. The number of likely N-dealkylation sites (N-methyl/N-ethyl adjacent to an activating group) is 1. The van der Waals surface area contributed by atoms with Crippen molar-refractivity contribution < 1.29 is 14.6 Å². The van der Waals surface area contributed by atoms with Gasteiger partial charge in [0.1, 0.15) is 5.75 Å². The summed E-state index contributed by atoms with van der Waals surface area (Å²) in [6, 6.07) is 11.5. The number of ether oxygens (including phenoxy) is 1. The Morgan fingerprint density at radius 1 is 1.37 bits per heavy atom. The number of β-amino-alcohol motifs (C(OH)–C–C–N with tert-alkyl or cyclic N) is 1. The lowest BCUT2D eigenvalue weighted by molar-refractivity contribution is -0.134. The van der Waals surface area contributed by atoms with E-state index in [4.69, 9.17) is 4.74 Å². The van der Waals surface area contributed by atoms with Crippen LogP contribution in [0.15, 0.2) is 42.6 Å². The van der Waals surface area contributed by atoms with E-state index in [1.165, 1.54) is 5.56 Å². The molecule has 1 aromatic heterocycles. The van der Waals surface area contributed by atoms with Crippen LogP contribution in [0.25, 0.3) is 0 Å². The maximum Gasteiger partial charge on any atom is 0.260 e. The first-order valence-electron chi connectivity index (χ1n) is 10.7. The van der Waals surface area contributed by atoms with Crippen LogP contribution in [-0.2, 0) is 11.2 Å². The van der Waals surface area contributed by atoms with Crippen LogP contribution in [0.1, 0.15) is 30.1 Å². The molecule has 2 N–H and O–H groups in total. The molecule has 1 amide bonds. The van der Waals surface area contributed by atoms with Crippen LogP contribution < -0.4 is 10.1 Å². The normalized spacial score (nSPS) is 19.6. The van der Waals surface area contributed by atoms with Gasteiger partial charge in [-0.2, -0.15) is 0 Å². The third-order valence-electron chi connectivity index (χ3n) is 5.96. The summed E-state index contributed by atoms with van der Waals surface area (Å²) in [5, 5.41) is 13.3. The van der Waals surface area contributed by atoms with E-state index in [9.17, 15) is 9.90 Å². The molecule has 0 bridgehead atoms. The van der Waals surface area contributed by atoms with Crippen LogP contribution in [0.3, 0.4) is 0 Å². The van der Waals surface area contributed by atoms with E-state index in [0.717, 1.165) is 49.5 Å². The largest absolute Gasteiger partial charge is 0.482 e. The van der Waals surface area contributed by atoms with Gasteiger partial charge < -0.3 is 20.1 Å². The summed E-state index contributed by atoms with van der Waals surface area (Å²) < 4.78 is 5.93. The van der Waals surface area contributed by atoms with Crippen molar-refractivity contribution in [2.24, 2.45) is 0 Å². The smallest absolute Gasteiger partial charge is 0.260 e. The van der Waals surface area contributed by atoms with E-state index >= 15 is 0 Å². The molecule has 1 saturated heterocycles. The Morgan fingerprint density at radius 2 is 2.27 bits per heavy atom. The van der Waals surface area contributed by atoms with Crippen LogP contribution in [0, 0.1) is 0 Å². The van der Waals surface area contributed by atoms with Gasteiger partial charge in [-0.05, 0) is 43.0 Å². The van der Waals surface area contributed by atoms with Crippen LogP contribution in [0.2, 0.25) is 0 Å². The van der Waals surface area contributed by atoms with Crippen molar-refractivity contribution in [3.63, 3.8) is 0 Å². The fourth-order valence-electron chi connectivity index (χ4n) is 4.22. The second kappa shape index (κ2) is 9.45. The monoisotopic (exact) mass is 410 g/mol. The number of carbonyl (C=O) groups is 1. The second-order valence-corrected chi connectivity index (χ2v) is 8.09. The number of pyridine rings is 1. The molecule has 4 rings (SSSR count). The number of rotatable bonds is 7. The van der Waals surface area contributed by atoms with Crippen molar-refractivity contribution in [2.45, 2.75) is 31.4 Å². The average molecular weight is 411 g/mol. The predicted octanol–water partition coefficient (Wildman–Crippen LogP) is 2.08. The van der Waals surface area contributed by atoms with Gasteiger partial charge in [0.2, 0.25) is 0 Å². The highest BCUT2D eigenvalue weighted by atomic mass is 16.5. The first kappa shape index (κ1) is 20.6. The van der Waals surface area contributed by atoms with Crippen molar-refractivity contribution in [2.75, 3.05) is 45.2 Å². The summed E-state index contributed by atoms with van der Waals surface area (Å²) in [7, 11) is 1.80. The van der Waals surface area contributed by atoms with E-state index in [1.54, 1.807) is 18.1 Å². The molecule has 0 aliphatic carbocycles. The second-order valence-electron chi connectivity index (χ2n) is 8.09. The van der Waals surface area contributed by atoms with Crippen LogP contribution in [0.4, 0.5) is 5.69 Å². The standard InChI is InChI=1S/C23H30N4O3/c1-26(20(19-8-2-3-11-24-19)15-27-13-10-18(28)14-27)22(29)16-30-21-9-4-6-17-7-5-12-25-23(17)21/h2-4,6,8-9,11,18,20,25,28H,5,7,10,12-16H2,1H3/t18-,20?/m0/s1. The van der Waals surface area contributed by atoms with Crippen LogP contribution in [0.5, 0.6) is 5.75 Å². The van der Waals surface area contributed by atoms with Gasteiger partial charge in [-0.15, -0.1) is 0 Å². The first-order valence-corrected chi connectivity index (χ1v) is 10.7. The Balaban J connectivity index is 1.44. The van der Waals surface area contributed by atoms with Gasteiger partial charge in [0.25, 0.3) is 5.91 Å². The number of aryl methyl sites for hydroxylation is 1. The molecule has 7 nitrogen and oxygen atoms in total. The first-order chi connectivity index (χ1) is 14.6. The number of nitrogens with one attached hydrogen (secondary N) is 1. The van der Waals surface area contributed by atoms with Gasteiger partial charge in [0.05, 0.1) is 23.5 Å². The highest BCUT2D eigenvalue weighted by Gasteiger charge is 2.29. The number of benzene rings is 1.